The van der Waals surface area contributed by atoms with Crippen LogP contribution in [0, 0.1) is 5.82 Å². The lowest BCUT2D eigenvalue weighted by Gasteiger charge is -2.24. The minimum atomic E-state index is -4.47. The number of aromatic nitrogens is 2. The van der Waals surface area contributed by atoms with Crippen LogP contribution in [-0.4, -0.2) is 22.5 Å². The molecular weight excluding hydrogens is 432 g/mol. The lowest BCUT2D eigenvalue weighted by molar-refractivity contribution is -0.134. The zero-order valence-corrected chi connectivity index (χ0v) is 16.5. The van der Waals surface area contributed by atoms with Crippen molar-refractivity contribution in [2.45, 2.75) is 12.2 Å². The Bertz CT molecular complexity index is 1300. The third-order valence-electron chi connectivity index (χ3n) is 5.19. The Morgan fingerprint density at radius 2 is 1.94 bits per heavy atom. The van der Waals surface area contributed by atoms with Crippen LogP contribution < -0.4 is 10.2 Å². The average molecular weight is 446 g/mol. The molecule has 2 aromatic carbocycles. The molecular formula is C21H14F4N4OS. The molecule has 1 atom stereocenters. The van der Waals surface area contributed by atoms with Gasteiger partial charge in [-0.05, 0) is 42.0 Å². The molecule has 0 saturated carbocycles. The summed E-state index contributed by atoms with van der Waals surface area (Å²) < 4.78 is 53.5. The molecule has 0 radical (unpaired) electrons. The van der Waals surface area contributed by atoms with Gasteiger partial charge in [0.1, 0.15) is 10.7 Å². The predicted molar refractivity (Wildman–Crippen MR) is 109 cm³/mol. The summed E-state index contributed by atoms with van der Waals surface area (Å²) in [5.74, 6) is -0.642. The van der Waals surface area contributed by atoms with Crippen LogP contribution in [0.3, 0.4) is 0 Å². The Balaban J connectivity index is 1.48. The highest BCUT2D eigenvalue weighted by Gasteiger charge is 2.35. The monoisotopic (exact) mass is 446 g/mol. The van der Waals surface area contributed by atoms with Crippen LogP contribution in [0.5, 0.6) is 0 Å². The van der Waals surface area contributed by atoms with Crippen molar-refractivity contribution >= 4 is 34.1 Å². The number of nitrogens with zero attached hydrogens (tertiary/aromatic N) is 2. The van der Waals surface area contributed by atoms with E-state index in [4.69, 9.17) is 0 Å². The number of hydrogen-bond acceptors (Lipinski definition) is 3. The first-order valence-corrected chi connectivity index (χ1v) is 10.1. The van der Waals surface area contributed by atoms with Gasteiger partial charge in [0.2, 0.25) is 0 Å². The average Bonchev–Trinajstić information content (AvgIpc) is 3.46. The predicted octanol–water partition coefficient (Wildman–Crippen LogP) is 5.72. The number of anilines is 1. The van der Waals surface area contributed by atoms with Crippen molar-refractivity contribution in [3.05, 3.63) is 71.1 Å². The lowest BCUT2D eigenvalue weighted by Crippen LogP contribution is -2.29. The topological polar surface area (TPSA) is 61.0 Å². The summed E-state index contributed by atoms with van der Waals surface area (Å²) in [5, 5.41) is 2.76. The van der Waals surface area contributed by atoms with E-state index >= 15 is 0 Å². The van der Waals surface area contributed by atoms with E-state index in [-0.39, 0.29) is 23.0 Å². The first-order valence-electron chi connectivity index (χ1n) is 9.28. The van der Waals surface area contributed by atoms with Gasteiger partial charge in [-0.25, -0.2) is 14.2 Å². The maximum absolute atomic E-state index is 14.9. The van der Waals surface area contributed by atoms with E-state index in [1.807, 2.05) is 0 Å². The van der Waals surface area contributed by atoms with E-state index in [1.165, 1.54) is 23.1 Å². The van der Waals surface area contributed by atoms with Gasteiger partial charge in [0.25, 0.3) is 0 Å². The number of H-pyrrole nitrogens is 1. The molecule has 5 nitrogen and oxygen atoms in total. The summed E-state index contributed by atoms with van der Waals surface area (Å²) in [6.45, 7) is 0.274. The molecule has 4 aromatic rings. The van der Waals surface area contributed by atoms with Crippen LogP contribution >= 0.6 is 11.3 Å². The Labute approximate surface area is 177 Å². The highest BCUT2D eigenvalue weighted by Crippen LogP contribution is 2.40. The van der Waals surface area contributed by atoms with Crippen LogP contribution in [0.4, 0.5) is 28.0 Å². The molecule has 1 aliphatic heterocycles. The van der Waals surface area contributed by atoms with Crippen molar-refractivity contribution in [2.75, 3.05) is 11.4 Å². The molecule has 0 spiro atoms. The zero-order chi connectivity index (χ0) is 21.8. The smallest absolute Gasteiger partial charge is 0.345 e. The number of nitrogens with one attached hydrogen (secondary N) is 2. The molecule has 2 amide bonds. The molecule has 158 valence electrons. The van der Waals surface area contributed by atoms with E-state index in [0.717, 1.165) is 17.1 Å². The van der Waals surface area contributed by atoms with Gasteiger partial charge >= 0.3 is 12.2 Å². The Morgan fingerprint density at radius 1 is 1.10 bits per heavy atom. The summed E-state index contributed by atoms with van der Waals surface area (Å²) >= 11 is 0.494. The number of carbonyl (C=O) groups excluding carboxylic acids is 1. The second kappa shape index (κ2) is 7.09. The molecule has 0 bridgehead atoms. The number of thiophene rings is 1. The van der Waals surface area contributed by atoms with E-state index in [9.17, 15) is 22.4 Å². The van der Waals surface area contributed by atoms with Gasteiger partial charge in [0.05, 0.1) is 23.4 Å². The fourth-order valence-electron chi connectivity index (χ4n) is 3.71. The number of rotatable bonds is 3. The van der Waals surface area contributed by atoms with Crippen molar-refractivity contribution in [2.24, 2.45) is 0 Å². The number of hydrogen-bond donors (Lipinski definition) is 2. The molecule has 3 heterocycles. The van der Waals surface area contributed by atoms with Gasteiger partial charge in [-0.2, -0.15) is 13.2 Å². The normalized spacial score (nSPS) is 16.8. The molecule has 1 saturated heterocycles. The molecule has 31 heavy (non-hydrogen) atoms. The maximum atomic E-state index is 14.9. The molecule has 5 rings (SSSR count). The number of benzene rings is 2. The summed E-state index contributed by atoms with van der Waals surface area (Å²) in [7, 11) is 0. The molecule has 1 unspecified atom stereocenters. The second-order valence-corrected chi connectivity index (χ2v) is 8.16. The Kier molecular flexibility index (Phi) is 4.47. The number of aromatic amines is 1. The van der Waals surface area contributed by atoms with Crippen molar-refractivity contribution in [3.8, 4) is 10.4 Å². The van der Waals surface area contributed by atoms with E-state index in [1.54, 1.807) is 30.6 Å². The number of fused-ring (bicyclic) bond motifs is 1. The Morgan fingerprint density at radius 3 is 2.68 bits per heavy atom. The number of alkyl halides is 3. The lowest BCUT2D eigenvalue weighted by atomic mass is 10.0. The van der Waals surface area contributed by atoms with Gasteiger partial charge in [-0.15, -0.1) is 11.3 Å². The van der Waals surface area contributed by atoms with Crippen LogP contribution in [0.25, 0.3) is 21.5 Å². The largest absolute Gasteiger partial charge is 0.425 e. The molecule has 2 aromatic heterocycles. The van der Waals surface area contributed by atoms with Gasteiger partial charge in [0.15, 0.2) is 0 Å². The first-order chi connectivity index (χ1) is 14.8. The van der Waals surface area contributed by atoms with Crippen molar-refractivity contribution in [1.29, 1.82) is 0 Å². The number of urea groups is 1. The Hall–Kier alpha value is -3.40. The SMILES string of the molecule is O=C1NCC(c2ccc(-c3ccc(C(F)(F)F)s3)c(F)c2)N1c1ccc2nc[nH]c2c1. The number of amides is 2. The fraction of sp³-hybridized carbons (Fsp3) is 0.143. The van der Waals surface area contributed by atoms with Gasteiger partial charge < -0.3 is 10.3 Å². The second-order valence-electron chi connectivity index (χ2n) is 7.08. The first kappa shape index (κ1) is 19.6. The van der Waals surface area contributed by atoms with Gasteiger partial charge in [0, 0.05) is 22.7 Å². The summed E-state index contributed by atoms with van der Waals surface area (Å²) in [4.78, 5) is 20.6. The van der Waals surface area contributed by atoms with Crippen LogP contribution in [0.1, 0.15) is 16.5 Å². The highest BCUT2D eigenvalue weighted by molar-refractivity contribution is 7.15. The van der Waals surface area contributed by atoms with E-state index in [0.29, 0.717) is 22.6 Å². The minimum Gasteiger partial charge on any atom is -0.345 e. The molecule has 1 fully saturated rings. The fourth-order valence-corrected chi connectivity index (χ4v) is 4.61. The maximum Gasteiger partial charge on any atom is 0.425 e. The zero-order valence-electron chi connectivity index (χ0n) is 15.7. The molecule has 0 aliphatic carbocycles. The van der Waals surface area contributed by atoms with Gasteiger partial charge in [-0.1, -0.05) is 12.1 Å². The van der Waals surface area contributed by atoms with Crippen LogP contribution in [0.15, 0.2) is 54.9 Å². The number of halogens is 4. The quantitative estimate of drug-likeness (QED) is 0.396. The number of carbonyl (C=O) groups is 1. The molecule has 2 N–H and O–H groups in total. The number of imidazole rings is 1. The van der Waals surface area contributed by atoms with Crippen molar-refractivity contribution in [3.63, 3.8) is 0 Å². The van der Waals surface area contributed by atoms with Gasteiger partial charge in [-0.3, -0.25) is 4.90 Å². The highest BCUT2D eigenvalue weighted by atomic mass is 32.1. The van der Waals surface area contributed by atoms with Crippen LogP contribution in [-0.2, 0) is 6.18 Å². The third-order valence-corrected chi connectivity index (χ3v) is 6.35. The van der Waals surface area contributed by atoms with Crippen molar-refractivity contribution < 1.29 is 22.4 Å². The van der Waals surface area contributed by atoms with Crippen LogP contribution in [0.2, 0.25) is 0 Å². The standard InChI is InChI=1S/C21H14F4N4OS/c22-14-7-11(1-3-13(14)18-5-6-19(31-18)21(23,24)25)17-9-26-20(30)29(17)12-2-4-15-16(8-12)28-10-27-15/h1-8,10,17H,9H2,(H,26,30)(H,27,28). The summed E-state index contributed by atoms with van der Waals surface area (Å²) in [6.07, 6.45) is -2.91. The van der Waals surface area contributed by atoms with E-state index < -0.39 is 22.9 Å². The minimum absolute atomic E-state index is 0.0898. The molecule has 1 aliphatic rings. The summed E-state index contributed by atoms with van der Waals surface area (Å²) in [6, 6.07) is 11.1. The van der Waals surface area contributed by atoms with E-state index in [2.05, 4.69) is 15.3 Å². The molecule has 10 heteroatoms. The van der Waals surface area contributed by atoms with Crippen molar-refractivity contribution in [1.82, 2.24) is 15.3 Å². The summed E-state index contributed by atoms with van der Waals surface area (Å²) in [5.41, 5.74) is 2.76. The third kappa shape index (κ3) is 3.42.